The first-order chi connectivity index (χ1) is 35.0. The van der Waals surface area contributed by atoms with Gasteiger partial charge in [-0.3, -0.25) is 9.59 Å². The van der Waals surface area contributed by atoms with Crippen LogP contribution in [0.3, 0.4) is 0 Å². The Labute approximate surface area is 426 Å². The zero-order valence-corrected chi connectivity index (χ0v) is 42.8. The minimum Gasteiger partial charge on any atom is -0.354 e. The highest BCUT2D eigenvalue weighted by atomic mass is 16.2. The van der Waals surface area contributed by atoms with Gasteiger partial charge in [0.25, 0.3) is 5.91 Å². The Kier molecular flexibility index (Phi) is 17.5. The molecule has 0 saturated carbocycles. The number of carbonyl (C=O) groups is 2. The molecule has 2 amide bonds. The van der Waals surface area contributed by atoms with Gasteiger partial charge in [-0.05, 0) is 163 Å². The quantitative estimate of drug-likeness (QED) is 0.0579. The molecule has 72 heavy (non-hydrogen) atoms. The van der Waals surface area contributed by atoms with E-state index in [2.05, 4.69) is 142 Å². The van der Waals surface area contributed by atoms with Gasteiger partial charge in [0, 0.05) is 71.8 Å². The first-order valence-corrected chi connectivity index (χ1v) is 25.6. The zero-order chi connectivity index (χ0) is 50.4. The van der Waals surface area contributed by atoms with Crippen LogP contribution in [0.15, 0.2) is 134 Å². The van der Waals surface area contributed by atoms with Crippen LogP contribution in [0.2, 0.25) is 0 Å². The molecule has 4 N–H and O–H groups in total. The molecule has 2 unspecified atom stereocenters. The van der Waals surface area contributed by atoms with Crippen molar-refractivity contribution in [3.63, 3.8) is 0 Å². The molecule has 2 aromatic heterocycles. The van der Waals surface area contributed by atoms with E-state index < -0.39 is 0 Å². The Hall–Kier alpha value is -7.28. The second kappa shape index (κ2) is 24.7. The number of nitrogens with zero attached hydrogens (tertiary/aromatic N) is 6. The van der Waals surface area contributed by atoms with Crippen LogP contribution in [-0.4, -0.2) is 95.9 Å². The number of aromatic nitrogens is 4. The van der Waals surface area contributed by atoms with Crippen molar-refractivity contribution in [2.24, 2.45) is 0 Å². The number of carbonyl (C=O) groups excluding carboxylic acids is 2. The van der Waals surface area contributed by atoms with Crippen LogP contribution in [0.4, 0.5) is 23.3 Å². The monoisotopic (exact) mass is 963 g/mol. The minimum atomic E-state index is -0.0994. The highest BCUT2D eigenvalue weighted by Crippen LogP contribution is 2.43. The van der Waals surface area contributed by atoms with E-state index in [1.165, 1.54) is 33.4 Å². The molecular formula is C60H70N10O2. The predicted molar refractivity (Wildman–Crippen MR) is 294 cm³/mol. The molecule has 372 valence electrons. The molecular weight excluding hydrogens is 893 g/mol. The third-order valence-electron chi connectivity index (χ3n) is 13.3. The number of rotatable bonds is 19. The molecule has 0 radical (unpaired) electrons. The Bertz CT molecular complexity index is 2920. The largest absolute Gasteiger partial charge is 0.354 e. The second-order valence-corrected chi connectivity index (χ2v) is 19.6. The second-order valence-electron chi connectivity index (χ2n) is 19.6. The van der Waals surface area contributed by atoms with E-state index in [0.717, 1.165) is 111 Å². The van der Waals surface area contributed by atoms with Crippen LogP contribution >= 0.6 is 0 Å². The van der Waals surface area contributed by atoms with E-state index >= 15 is 0 Å². The Balaban J connectivity index is 0.000000194. The van der Waals surface area contributed by atoms with E-state index in [0.29, 0.717) is 23.9 Å². The smallest absolute Gasteiger partial charge is 0.255 e. The third kappa shape index (κ3) is 13.4. The lowest BCUT2D eigenvalue weighted by Gasteiger charge is -2.27. The highest BCUT2D eigenvalue weighted by molar-refractivity contribution is 6.04. The van der Waals surface area contributed by atoms with Crippen molar-refractivity contribution >= 4 is 35.1 Å². The summed E-state index contributed by atoms with van der Waals surface area (Å²) in [6.07, 6.45) is 11.5. The molecule has 12 nitrogen and oxygen atoms in total. The van der Waals surface area contributed by atoms with Crippen LogP contribution in [0.1, 0.15) is 107 Å². The molecule has 9 rings (SSSR count). The number of hydrogen-bond acceptors (Lipinski definition) is 10. The van der Waals surface area contributed by atoms with E-state index in [1.807, 2.05) is 74.8 Å². The number of benzene rings is 5. The van der Waals surface area contributed by atoms with E-state index in [-0.39, 0.29) is 23.7 Å². The van der Waals surface area contributed by atoms with Gasteiger partial charge in [0.1, 0.15) is 0 Å². The first kappa shape index (κ1) is 51.1. The SMILES string of the molecule is CCCC(=O)Nc1ccc(C2Cc3cnc(NCCCCN(C)C)nc3-c3ccccc32)cc1.Cc1cccc(C(=O)Nc2ccc(C3Cc4cnc(NCCCCN(C)C)nc4-c4ccccc43)cc2)c1. The van der Waals surface area contributed by atoms with Gasteiger partial charge in [-0.25, -0.2) is 19.9 Å². The van der Waals surface area contributed by atoms with Crippen LogP contribution in [-0.2, 0) is 17.6 Å². The van der Waals surface area contributed by atoms with Crippen LogP contribution < -0.4 is 21.3 Å². The molecule has 2 atom stereocenters. The molecule has 0 aliphatic heterocycles. The Morgan fingerprint density at radius 1 is 0.583 bits per heavy atom. The summed E-state index contributed by atoms with van der Waals surface area (Å²) in [4.78, 5) is 48.1. The number of hydrogen-bond donors (Lipinski definition) is 4. The van der Waals surface area contributed by atoms with Crippen molar-refractivity contribution < 1.29 is 9.59 Å². The van der Waals surface area contributed by atoms with Crippen molar-refractivity contribution in [3.05, 3.63) is 178 Å². The fourth-order valence-corrected chi connectivity index (χ4v) is 9.58. The molecule has 7 aromatic rings. The highest BCUT2D eigenvalue weighted by Gasteiger charge is 2.29. The van der Waals surface area contributed by atoms with Gasteiger partial charge < -0.3 is 31.1 Å². The maximum atomic E-state index is 12.7. The van der Waals surface area contributed by atoms with Gasteiger partial charge in [-0.2, -0.15) is 0 Å². The van der Waals surface area contributed by atoms with Crippen molar-refractivity contribution in [3.8, 4) is 22.5 Å². The maximum absolute atomic E-state index is 12.7. The number of unbranched alkanes of at least 4 members (excludes halogenated alkanes) is 2. The summed E-state index contributed by atoms with van der Waals surface area (Å²) in [6, 6.07) is 41.1. The van der Waals surface area contributed by atoms with Gasteiger partial charge in [0.05, 0.1) is 11.4 Å². The van der Waals surface area contributed by atoms with Gasteiger partial charge in [-0.1, -0.05) is 97.4 Å². The summed E-state index contributed by atoms with van der Waals surface area (Å²) in [6.45, 7) is 7.91. The predicted octanol–water partition coefficient (Wildman–Crippen LogP) is 11.5. The number of fused-ring (bicyclic) bond motifs is 6. The minimum absolute atomic E-state index is 0.0615. The molecule has 2 heterocycles. The number of nitrogens with one attached hydrogen (secondary N) is 4. The zero-order valence-electron chi connectivity index (χ0n) is 42.8. The lowest BCUT2D eigenvalue weighted by molar-refractivity contribution is -0.116. The molecule has 5 aromatic carbocycles. The third-order valence-corrected chi connectivity index (χ3v) is 13.3. The summed E-state index contributed by atoms with van der Waals surface area (Å²) in [7, 11) is 8.41. The average molecular weight is 963 g/mol. The van der Waals surface area contributed by atoms with Crippen LogP contribution in [0.5, 0.6) is 0 Å². The summed E-state index contributed by atoms with van der Waals surface area (Å²) in [5.41, 5.74) is 15.1. The van der Waals surface area contributed by atoms with E-state index in [9.17, 15) is 9.59 Å². The van der Waals surface area contributed by atoms with Gasteiger partial charge in [-0.15, -0.1) is 0 Å². The number of anilines is 4. The van der Waals surface area contributed by atoms with Crippen LogP contribution in [0.25, 0.3) is 22.5 Å². The van der Waals surface area contributed by atoms with Crippen molar-refractivity contribution in [1.29, 1.82) is 0 Å². The summed E-state index contributed by atoms with van der Waals surface area (Å²) >= 11 is 0. The van der Waals surface area contributed by atoms with E-state index in [1.54, 1.807) is 0 Å². The summed E-state index contributed by atoms with van der Waals surface area (Å²) in [5, 5.41) is 12.8. The topological polar surface area (TPSA) is 140 Å². The molecule has 2 aliphatic rings. The Morgan fingerprint density at radius 2 is 1.07 bits per heavy atom. The number of amides is 2. The fourth-order valence-electron chi connectivity index (χ4n) is 9.58. The van der Waals surface area contributed by atoms with Crippen molar-refractivity contribution in [1.82, 2.24) is 29.7 Å². The van der Waals surface area contributed by atoms with Crippen molar-refractivity contribution in [2.45, 2.75) is 77.0 Å². The summed E-state index contributed by atoms with van der Waals surface area (Å²) < 4.78 is 0. The molecule has 2 aliphatic carbocycles. The van der Waals surface area contributed by atoms with Crippen LogP contribution in [0, 0.1) is 6.92 Å². The van der Waals surface area contributed by atoms with E-state index in [4.69, 9.17) is 9.97 Å². The van der Waals surface area contributed by atoms with Crippen molar-refractivity contribution in [2.75, 3.05) is 75.6 Å². The van der Waals surface area contributed by atoms with Gasteiger partial charge in [0.15, 0.2) is 0 Å². The fraction of sp³-hybridized carbons (Fsp3) is 0.333. The molecule has 0 fully saturated rings. The lowest BCUT2D eigenvalue weighted by Crippen LogP contribution is -2.17. The molecule has 12 heteroatoms. The average Bonchev–Trinajstić information content (AvgIpc) is 3.38. The molecule has 0 bridgehead atoms. The molecule has 0 spiro atoms. The Morgan fingerprint density at radius 3 is 1.54 bits per heavy atom. The normalized spacial score (nSPS) is 14.2. The van der Waals surface area contributed by atoms with Gasteiger partial charge in [0.2, 0.25) is 17.8 Å². The number of aryl methyl sites for hydroxylation is 1. The summed E-state index contributed by atoms with van der Waals surface area (Å²) in [5.74, 6) is 1.79. The lowest BCUT2D eigenvalue weighted by atomic mass is 9.78. The first-order valence-electron chi connectivity index (χ1n) is 25.6. The van der Waals surface area contributed by atoms with Gasteiger partial charge >= 0.3 is 0 Å². The maximum Gasteiger partial charge on any atom is 0.255 e. The standard InChI is InChI=1S/C32H35N5O.C28H35N5O/c1-22-9-8-10-24(19-22)31(38)35-26-15-13-23(14-16-26)29-20-25-21-34-32(33-17-6-7-18-37(2)3)36-30(25)28-12-5-4-11-27(28)29;1-4-9-26(34)31-22-14-12-20(13-15-22)25-18-21-19-30-28(29-16-7-8-17-33(2)3)32-27(21)24-11-6-5-10-23(24)25/h4-5,8-16,19,21,29H,6-7,17-18,20H2,1-3H3,(H,35,38)(H,33,34,36);5-6,10-15,19,25H,4,7-9,16-18H2,1-3H3,(H,31,34)(H,29,30,32). The molecule has 0 saturated heterocycles.